The van der Waals surface area contributed by atoms with E-state index < -0.39 is 0 Å². The van der Waals surface area contributed by atoms with Crippen molar-refractivity contribution in [1.29, 1.82) is 0 Å². The van der Waals surface area contributed by atoms with Gasteiger partial charge in [-0.3, -0.25) is 9.69 Å². The molecule has 0 radical (unpaired) electrons. The molecule has 5 nitrogen and oxygen atoms in total. The number of rotatable bonds is 5. The van der Waals surface area contributed by atoms with Crippen molar-refractivity contribution in [2.75, 3.05) is 7.05 Å². The lowest BCUT2D eigenvalue weighted by Crippen LogP contribution is -2.25. The molecule has 25 heavy (non-hydrogen) atoms. The summed E-state index contributed by atoms with van der Waals surface area (Å²) in [5.74, 6) is 1.56. The van der Waals surface area contributed by atoms with Crippen molar-refractivity contribution in [3.63, 3.8) is 0 Å². The summed E-state index contributed by atoms with van der Waals surface area (Å²) < 4.78 is 5.40. The predicted octanol–water partition coefficient (Wildman–Crippen LogP) is 4.50. The second-order valence-corrected chi connectivity index (χ2v) is 7.73. The lowest BCUT2D eigenvalue weighted by atomic mass is 10.2. The molecule has 7 heteroatoms. The quantitative estimate of drug-likeness (QED) is 0.561. The summed E-state index contributed by atoms with van der Waals surface area (Å²) in [5, 5.41) is 4.71. The van der Waals surface area contributed by atoms with Gasteiger partial charge in [-0.2, -0.15) is 0 Å². The van der Waals surface area contributed by atoms with Crippen molar-refractivity contribution in [2.24, 2.45) is 0 Å². The Balaban J connectivity index is 1.68. The normalized spacial score (nSPS) is 12.9. The first-order valence-corrected chi connectivity index (χ1v) is 9.67. The molecule has 1 N–H and O–H groups in total. The SMILES string of the molecule is C[C@@H](c1nc2scc(-c3cccs3)c2c(=O)[nH]1)N(C)Cc1ccco1. The summed E-state index contributed by atoms with van der Waals surface area (Å²) in [4.78, 5) is 24.3. The van der Waals surface area contributed by atoms with Gasteiger partial charge in [-0.05, 0) is 37.6 Å². The number of aromatic nitrogens is 2. The van der Waals surface area contributed by atoms with Crippen LogP contribution in [0.5, 0.6) is 0 Å². The van der Waals surface area contributed by atoms with E-state index in [1.807, 2.05) is 49.0 Å². The Morgan fingerprint density at radius 1 is 1.32 bits per heavy atom. The van der Waals surface area contributed by atoms with Crippen molar-refractivity contribution in [3.05, 3.63) is 63.2 Å². The van der Waals surface area contributed by atoms with Gasteiger partial charge in [-0.15, -0.1) is 22.7 Å². The van der Waals surface area contributed by atoms with Gasteiger partial charge < -0.3 is 9.40 Å². The summed E-state index contributed by atoms with van der Waals surface area (Å²) in [5.41, 5.74) is 0.884. The van der Waals surface area contributed by atoms with Crippen LogP contribution in [-0.2, 0) is 6.54 Å². The van der Waals surface area contributed by atoms with Crippen molar-refractivity contribution in [2.45, 2.75) is 19.5 Å². The number of nitrogens with one attached hydrogen (secondary N) is 1. The molecule has 0 saturated heterocycles. The van der Waals surface area contributed by atoms with Gasteiger partial charge in [0.15, 0.2) is 0 Å². The summed E-state index contributed by atoms with van der Waals surface area (Å²) in [6, 6.07) is 7.80. The maximum absolute atomic E-state index is 12.7. The van der Waals surface area contributed by atoms with E-state index in [1.54, 1.807) is 17.6 Å². The maximum atomic E-state index is 12.7. The molecule has 0 aliphatic rings. The molecule has 0 aromatic carbocycles. The largest absolute Gasteiger partial charge is 0.468 e. The molecule has 0 fully saturated rings. The minimum Gasteiger partial charge on any atom is -0.468 e. The molecule has 0 aliphatic carbocycles. The highest BCUT2D eigenvalue weighted by Crippen LogP contribution is 2.34. The monoisotopic (exact) mass is 371 g/mol. The average molecular weight is 371 g/mol. The topological polar surface area (TPSA) is 62.1 Å². The van der Waals surface area contributed by atoms with Crippen LogP contribution in [0, 0.1) is 0 Å². The zero-order valence-corrected chi connectivity index (χ0v) is 15.5. The molecule has 4 aromatic rings. The van der Waals surface area contributed by atoms with E-state index in [0.29, 0.717) is 17.8 Å². The smallest absolute Gasteiger partial charge is 0.260 e. The van der Waals surface area contributed by atoms with Gasteiger partial charge in [0.05, 0.1) is 24.2 Å². The second kappa shape index (κ2) is 6.59. The molecule has 4 rings (SSSR count). The summed E-state index contributed by atoms with van der Waals surface area (Å²) in [6.07, 6.45) is 1.66. The van der Waals surface area contributed by atoms with Gasteiger partial charge in [-0.1, -0.05) is 6.07 Å². The lowest BCUT2D eigenvalue weighted by Gasteiger charge is -2.22. The Bertz CT molecular complexity index is 1030. The van der Waals surface area contributed by atoms with Gasteiger partial charge in [0.1, 0.15) is 16.4 Å². The van der Waals surface area contributed by atoms with Gasteiger partial charge >= 0.3 is 0 Å². The van der Waals surface area contributed by atoms with Crippen LogP contribution >= 0.6 is 22.7 Å². The molecule has 128 valence electrons. The lowest BCUT2D eigenvalue weighted by molar-refractivity contribution is 0.224. The Kier molecular flexibility index (Phi) is 4.29. The predicted molar refractivity (Wildman–Crippen MR) is 102 cm³/mol. The standard InChI is InChI=1S/C18H17N3O2S2/c1-11(21(2)9-12-5-3-7-23-12)16-19-17(22)15-13(10-25-18(15)20-16)14-6-4-8-24-14/h3-8,10-11H,9H2,1-2H3,(H,19,20,22)/t11-/m0/s1. The van der Waals surface area contributed by atoms with E-state index in [-0.39, 0.29) is 11.6 Å². The van der Waals surface area contributed by atoms with Crippen molar-refractivity contribution >= 4 is 32.9 Å². The van der Waals surface area contributed by atoms with Crippen molar-refractivity contribution in [1.82, 2.24) is 14.9 Å². The molecule has 0 spiro atoms. The van der Waals surface area contributed by atoms with Crippen LogP contribution in [-0.4, -0.2) is 21.9 Å². The van der Waals surface area contributed by atoms with Gasteiger partial charge in [0.2, 0.25) is 0 Å². The number of hydrogen-bond acceptors (Lipinski definition) is 6. The van der Waals surface area contributed by atoms with Gasteiger partial charge in [0.25, 0.3) is 5.56 Å². The van der Waals surface area contributed by atoms with Crippen LogP contribution in [0.15, 0.2) is 50.5 Å². The van der Waals surface area contributed by atoms with Crippen LogP contribution in [0.3, 0.4) is 0 Å². The number of hydrogen-bond donors (Lipinski definition) is 1. The molecule has 4 aromatic heterocycles. The van der Waals surface area contributed by atoms with Crippen LogP contribution in [0.1, 0.15) is 24.6 Å². The molecular formula is C18H17N3O2S2. The van der Waals surface area contributed by atoms with Crippen LogP contribution in [0.4, 0.5) is 0 Å². The van der Waals surface area contributed by atoms with Crippen LogP contribution < -0.4 is 5.56 Å². The molecular weight excluding hydrogens is 354 g/mol. The molecule has 1 atom stereocenters. The highest BCUT2D eigenvalue weighted by atomic mass is 32.1. The summed E-state index contributed by atoms with van der Waals surface area (Å²) >= 11 is 3.14. The van der Waals surface area contributed by atoms with Crippen LogP contribution in [0.25, 0.3) is 20.7 Å². The van der Waals surface area contributed by atoms with E-state index in [2.05, 4.69) is 9.88 Å². The average Bonchev–Trinajstić information content (AvgIpc) is 3.34. The number of nitrogens with zero attached hydrogens (tertiary/aromatic N) is 2. The minimum atomic E-state index is -0.0806. The fourth-order valence-corrected chi connectivity index (χ4v) is 4.54. The van der Waals surface area contributed by atoms with E-state index in [0.717, 1.165) is 21.0 Å². The Labute approximate surface area is 152 Å². The number of furan rings is 1. The molecule has 0 saturated carbocycles. The molecule has 0 bridgehead atoms. The van der Waals surface area contributed by atoms with Crippen molar-refractivity contribution < 1.29 is 4.42 Å². The Hall–Kier alpha value is -2.22. The van der Waals surface area contributed by atoms with E-state index >= 15 is 0 Å². The number of thiophene rings is 2. The molecule has 4 heterocycles. The van der Waals surface area contributed by atoms with Gasteiger partial charge in [0, 0.05) is 15.8 Å². The minimum absolute atomic E-state index is 0.0329. The third kappa shape index (κ3) is 3.06. The van der Waals surface area contributed by atoms with Crippen LogP contribution in [0.2, 0.25) is 0 Å². The Morgan fingerprint density at radius 3 is 2.92 bits per heavy atom. The molecule has 0 unspecified atom stereocenters. The fraction of sp³-hybridized carbons (Fsp3) is 0.222. The van der Waals surface area contributed by atoms with Crippen molar-refractivity contribution in [3.8, 4) is 10.4 Å². The molecule has 0 amide bonds. The first-order chi connectivity index (χ1) is 12.1. The second-order valence-electron chi connectivity index (χ2n) is 5.93. The molecule has 0 aliphatic heterocycles. The first kappa shape index (κ1) is 16.3. The fourth-order valence-electron chi connectivity index (χ4n) is 2.77. The number of fused-ring (bicyclic) bond motifs is 1. The zero-order chi connectivity index (χ0) is 17.4. The number of H-pyrrole nitrogens is 1. The zero-order valence-electron chi connectivity index (χ0n) is 13.9. The number of aromatic amines is 1. The van der Waals surface area contributed by atoms with E-state index in [1.165, 1.54) is 11.3 Å². The van der Waals surface area contributed by atoms with E-state index in [9.17, 15) is 4.79 Å². The third-order valence-corrected chi connectivity index (χ3v) is 6.07. The highest BCUT2D eigenvalue weighted by Gasteiger charge is 2.19. The first-order valence-electron chi connectivity index (χ1n) is 7.91. The summed E-state index contributed by atoms with van der Waals surface area (Å²) in [6.45, 7) is 2.68. The van der Waals surface area contributed by atoms with E-state index in [4.69, 9.17) is 9.40 Å². The highest BCUT2D eigenvalue weighted by molar-refractivity contribution is 7.18. The third-order valence-electron chi connectivity index (χ3n) is 4.29. The Morgan fingerprint density at radius 2 is 2.20 bits per heavy atom. The summed E-state index contributed by atoms with van der Waals surface area (Å²) in [7, 11) is 1.99. The maximum Gasteiger partial charge on any atom is 0.260 e. The van der Waals surface area contributed by atoms with Gasteiger partial charge in [-0.25, -0.2) is 4.98 Å².